The van der Waals surface area contributed by atoms with Gasteiger partial charge in [-0.25, -0.2) is 0 Å². The number of nitrogens with zero attached hydrogens (tertiary/aromatic N) is 1. The highest BCUT2D eigenvalue weighted by Crippen LogP contribution is 2.22. The van der Waals surface area contributed by atoms with Crippen molar-refractivity contribution in [3.05, 3.63) is 0 Å². The van der Waals surface area contributed by atoms with Gasteiger partial charge in [-0.15, -0.1) is 0 Å². The van der Waals surface area contributed by atoms with Crippen LogP contribution < -0.4 is 5.73 Å². The summed E-state index contributed by atoms with van der Waals surface area (Å²) >= 11 is 1.95. The molecule has 90 valence electrons. The van der Waals surface area contributed by atoms with E-state index < -0.39 is 0 Å². The van der Waals surface area contributed by atoms with Crippen molar-refractivity contribution in [2.75, 3.05) is 25.1 Å². The summed E-state index contributed by atoms with van der Waals surface area (Å²) in [5.41, 5.74) is 5.95. The topological polar surface area (TPSA) is 29.3 Å². The lowest BCUT2D eigenvalue weighted by atomic mass is 9.90. The molecule has 3 heteroatoms. The predicted octanol–water partition coefficient (Wildman–Crippen LogP) is 2.33. The van der Waals surface area contributed by atoms with Gasteiger partial charge in [0, 0.05) is 24.4 Å². The molecule has 0 heterocycles. The van der Waals surface area contributed by atoms with Crippen molar-refractivity contribution in [3.63, 3.8) is 0 Å². The molecule has 0 radical (unpaired) electrons. The van der Waals surface area contributed by atoms with Crippen LogP contribution in [0.25, 0.3) is 0 Å². The number of rotatable bonds is 6. The summed E-state index contributed by atoms with van der Waals surface area (Å²) in [6.07, 6.45) is 8.55. The van der Waals surface area contributed by atoms with Gasteiger partial charge in [-0.2, -0.15) is 11.8 Å². The standard InChI is InChI=1S/C12H26N2S/c1-3-8-14(9-10-15-2)12-6-4-11(13)5-7-12/h11-12H,3-10,13H2,1-2H3. The van der Waals surface area contributed by atoms with E-state index in [1.165, 1.54) is 50.9 Å². The molecule has 1 saturated carbocycles. The van der Waals surface area contributed by atoms with Gasteiger partial charge >= 0.3 is 0 Å². The Morgan fingerprint density at radius 1 is 1.20 bits per heavy atom. The van der Waals surface area contributed by atoms with Crippen molar-refractivity contribution in [3.8, 4) is 0 Å². The molecule has 0 aromatic carbocycles. The van der Waals surface area contributed by atoms with E-state index in [4.69, 9.17) is 5.73 Å². The van der Waals surface area contributed by atoms with Gasteiger partial charge in [0.25, 0.3) is 0 Å². The van der Waals surface area contributed by atoms with Crippen LogP contribution in [0.2, 0.25) is 0 Å². The number of hydrogen-bond donors (Lipinski definition) is 1. The lowest BCUT2D eigenvalue weighted by Crippen LogP contribution is -2.42. The van der Waals surface area contributed by atoms with E-state index in [1.54, 1.807) is 0 Å². The lowest BCUT2D eigenvalue weighted by Gasteiger charge is -2.35. The maximum atomic E-state index is 5.95. The highest BCUT2D eigenvalue weighted by molar-refractivity contribution is 7.98. The van der Waals surface area contributed by atoms with Crippen LogP contribution in [0.5, 0.6) is 0 Å². The zero-order valence-corrected chi connectivity index (χ0v) is 11.1. The van der Waals surface area contributed by atoms with Gasteiger partial charge < -0.3 is 5.73 Å². The molecular weight excluding hydrogens is 204 g/mol. The van der Waals surface area contributed by atoms with E-state index in [2.05, 4.69) is 18.1 Å². The molecule has 0 amide bonds. The molecule has 0 unspecified atom stereocenters. The molecule has 2 nitrogen and oxygen atoms in total. The smallest absolute Gasteiger partial charge is 0.00967 e. The second-order valence-electron chi connectivity index (χ2n) is 4.60. The first-order valence-electron chi connectivity index (χ1n) is 6.26. The van der Waals surface area contributed by atoms with Crippen molar-refractivity contribution in [2.24, 2.45) is 5.73 Å². The molecule has 0 aromatic heterocycles. The van der Waals surface area contributed by atoms with Crippen LogP contribution in [0.4, 0.5) is 0 Å². The first kappa shape index (κ1) is 13.3. The molecule has 1 fully saturated rings. The molecule has 0 bridgehead atoms. The second-order valence-corrected chi connectivity index (χ2v) is 5.58. The molecule has 0 atom stereocenters. The van der Waals surface area contributed by atoms with Gasteiger partial charge in [-0.05, 0) is 44.9 Å². The van der Waals surface area contributed by atoms with Gasteiger partial charge in [0.2, 0.25) is 0 Å². The first-order chi connectivity index (χ1) is 7.27. The zero-order chi connectivity index (χ0) is 11.1. The zero-order valence-electron chi connectivity index (χ0n) is 10.2. The van der Waals surface area contributed by atoms with E-state index in [-0.39, 0.29) is 0 Å². The number of nitrogens with two attached hydrogens (primary N) is 1. The van der Waals surface area contributed by atoms with Crippen LogP contribution in [0, 0.1) is 0 Å². The number of thioether (sulfide) groups is 1. The Labute approximate surface area is 99.0 Å². The Hall–Kier alpha value is 0.270. The maximum absolute atomic E-state index is 5.95. The van der Waals surface area contributed by atoms with Crippen molar-refractivity contribution in [1.29, 1.82) is 0 Å². The Balaban J connectivity index is 2.33. The Kier molecular flexibility index (Phi) is 6.69. The molecule has 2 N–H and O–H groups in total. The van der Waals surface area contributed by atoms with Crippen molar-refractivity contribution < 1.29 is 0 Å². The van der Waals surface area contributed by atoms with Crippen LogP contribution in [-0.4, -0.2) is 42.1 Å². The first-order valence-corrected chi connectivity index (χ1v) is 7.65. The third kappa shape index (κ3) is 4.75. The SMILES string of the molecule is CCCN(CCSC)C1CCC(N)CC1. The van der Waals surface area contributed by atoms with Gasteiger partial charge in [0.05, 0.1) is 0 Å². The summed E-state index contributed by atoms with van der Waals surface area (Å²) in [4.78, 5) is 2.68. The van der Waals surface area contributed by atoms with Crippen molar-refractivity contribution in [2.45, 2.75) is 51.1 Å². The van der Waals surface area contributed by atoms with Crippen LogP contribution >= 0.6 is 11.8 Å². The largest absolute Gasteiger partial charge is 0.328 e. The molecule has 1 aliphatic rings. The summed E-state index contributed by atoms with van der Waals surface area (Å²) in [7, 11) is 0. The summed E-state index contributed by atoms with van der Waals surface area (Å²) in [5.74, 6) is 1.27. The van der Waals surface area contributed by atoms with Crippen LogP contribution in [0.15, 0.2) is 0 Å². The summed E-state index contributed by atoms with van der Waals surface area (Å²) in [6, 6.07) is 1.29. The third-order valence-electron chi connectivity index (χ3n) is 3.35. The van der Waals surface area contributed by atoms with Gasteiger partial charge in [-0.1, -0.05) is 6.92 Å². The lowest BCUT2D eigenvalue weighted by molar-refractivity contribution is 0.158. The molecule has 15 heavy (non-hydrogen) atoms. The van der Waals surface area contributed by atoms with E-state index >= 15 is 0 Å². The fourth-order valence-corrected chi connectivity index (χ4v) is 2.86. The fourth-order valence-electron chi connectivity index (χ4n) is 2.44. The molecule has 0 aliphatic heterocycles. The van der Waals surface area contributed by atoms with E-state index in [0.29, 0.717) is 6.04 Å². The molecule has 1 rings (SSSR count). The minimum absolute atomic E-state index is 0.477. The average molecular weight is 230 g/mol. The molecule has 0 aromatic rings. The van der Waals surface area contributed by atoms with E-state index in [1.807, 2.05) is 11.8 Å². The Bertz CT molecular complexity index is 156. The normalized spacial score (nSPS) is 27.2. The summed E-state index contributed by atoms with van der Waals surface area (Å²) in [6.45, 7) is 4.80. The van der Waals surface area contributed by atoms with Gasteiger partial charge in [0.15, 0.2) is 0 Å². The minimum Gasteiger partial charge on any atom is -0.328 e. The average Bonchev–Trinajstić information content (AvgIpc) is 2.25. The number of hydrogen-bond acceptors (Lipinski definition) is 3. The minimum atomic E-state index is 0.477. The van der Waals surface area contributed by atoms with Gasteiger partial charge in [0.1, 0.15) is 0 Å². The molecule has 1 aliphatic carbocycles. The van der Waals surface area contributed by atoms with Crippen molar-refractivity contribution >= 4 is 11.8 Å². The summed E-state index contributed by atoms with van der Waals surface area (Å²) < 4.78 is 0. The van der Waals surface area contributed by atoms with Crippen LogP contribution in [0.3, 0.4) is 0 Å². The highest BCUT2D eigenvalue weighted by Gasteiger charge is 2.23. The monoisotopic (exact) mass is 230 g/mol. The molecule has 0 spiro atoms. The predicted molar refractivity (Wildman–Crippen MR) is 70.5 cm³/mol. The second kappa shape index (κ2) is 7.53. The third-order valence-corrected chi connectivity index (χ3v) is 3.94. The van der Waals surface area contributed by atoms with Crippen LogP contribution in [0.1, 0.15) is 39.0 Å². The summed E-state index contributed by atoms with van der Waals surface area (Å²) in [5, 5.41) is 0. The maximum Gasteiger partial charge on any atom is 0.00967 e. The Morgan fingerprint density at radius 3 is 2.40 bits per heavy atom. The van der Waals surface area contributed by atoms with E-state index in [9.17, 15) is 0 Å². The van der Waals surface area contributed by atoms with E-state index in [0.717, 1.165) is 6.04 Å². The van der Waals surface area contributed by atoms with Crippen molar-refractivity contribution in [1.82, 2.24) is 4.90 Å². The highest BCUT2D eigenvalue weighted by atomic mass is 32.2. The van der Waals surface area contributed by atoms with Crippen LogP contribution in [-0.2, 0) is 0 Å². The molecular formula is C12H26N2S. The fraction of sp³-hybridized carbons (Fsp3) is 1.00. The van der Waals surface area contributed by atoms with Gasteiger partial charge in [-0.3, -0.25) is 4.90 Å². The quantitative estimate of drug-likeness (QED) is 0.759. The Morgan fingerprint density at radius 2 is 1.87 bits per heavy atom. The molecule has 0 saturated heterocycles.